The van der Waals surface area contributed by atoms with Gasteiger partial charge in [0.05, 0.1) is 0 Å². The van der Waals surface area contributed by atoms with Crippen molar-refractivity contribution in [3.8, 4) is 0 Å². The summed E-state index contributed by atoms with van der Waals surface area (Å²) in [5.74, 6) is 1.13. The zero-order chi connectivity index (χ0) is 13.0. The Morgan fingerprint density at radius 1 is 1.39 bits per heavy atom. The van der Waals surface area contributed by atoms with Gasteiger partial charge in [0, 0.05) is 41.7 Å². The van der Waals surface area contributed by atoms with Gasteiger partial charge in [-0.05, 0) is 25.1 Å². The molecule has 2 aromatic heterocycles. The van der Waals surface area contributed by atoms with Crippen LogP contribution in [0.2, 0.25) is 0 Å². The fraction of sp³-hybridized carbons (Fsp3) is 0.500. The van der Waals surface area contributed by atoms with E-state index in [0.29, 0.717) is 6.04 Å². The third-order valence-electron chi connectivity index (χ3n) is 3.13. The predicted molar refractivity (Wildman–Crippen MR) is 77.0 cm³/mol. The highest BCUT2D eigenvalue weighted by atomic mass is 32.1. The summed E-state index contributed by atoms with van der Waals surface area (Å²) in [5.41, 5.74) is 0. The first-order valence-electron chi connectivity index (χ1n) is 6.52. The van der Waals surface area contributed by atoms with E-state index in [4.69, 9.17) is 0 Å². The molecule has 0 saturated carbocycles. The summed E-state index contributed by atoms with van der Waals surface area (Å²) in [6, 6.07) is 4.86. The van der Waals surface area contributed by atoms with Crippen molar-refractivity contribution in [3.05, 3.63) is 40.1 Å². The van der Waals surface area contributed by atoms with Crippen molar-refractivity contribution in [2.24, 2.45) is 7.05 Å². The van der Waals surface area contributed by atoms with E-state index >= 15 is 0 Å². The van der Waals surface area contributed by atoms with E-state index in [1.807, 2.05) is 23.7 Å². The average Bonchev–Trinajstić information content (AvgIpc) is 2.98. The predicted octanol–water partition coefficient (Wildman–Crippen LogP) is 2.94. The molecule has 0 saturated heterocycles. The van der Waals surface area contributed by atoms with Crippen LogP contribution in [-0.2, 0) is 19.9 Å². The van der Waals surface area contributed by atoms with Crippen LogP contribution >= 0.6 is 11.3 Å². The van der Waals surface area contributed by atoms with Crippen LogP contribution in [0.4, 0.5) is 0 Å². The Kier molecular flexibility index (Phi) is 4.55. The van der Waals surface area contributed by atoms with Crippen molar-refractivity contribution in [3.63, 3.8) is 0 Å². The number of nitrogens with zero attached hydrogens (tertiary/aromatic N) is 2. The Hall–Kier alpha value is -1.13. The largest absolute Gasteiger partial charge is 0.338 e. The highest BCUT2D eigenvalue weighted by Gasteiger charge is 2.15. The molecule has 0 aromatic carbocycles. The molecule has 2 aromatic rings. The van der Waals surface area contributed by atoms with Gasteiger partial charge in [-0.15, -0.1) is 11.3 Å². The van der Waals surface area contributed by atoms with Crippen LogP contribution in [0, 0.1) is 0 Å². The summed E-state index contributed by atoms with van der Waals surface area (Å²) in [6.07, 6.45) is 5.93. The maximum Gasteiger partial charge on any atom is 0.110 e. The second kappa shape index (κ2) is 6.16. The van der Waals surface area contributed by atoms with Crippen LogP contribution in [0.15, 0.2) is 24.5 Å². The number of thiophene rings is 1. The molecule has 0 fully saturated rings. The first-order valence-corrected chi connectivity index (χ1v) is 7.34. The third kappa shape index (κ3) is 3.00. The Labute approximate surface area is 113 Å². The monoisotopic (exact) mass is 263 g/mol. The normalized spacial score (nSPS) is 12.8. The van der Waals surface area contributed by atoms with Gasteiger partial charge in [-0.2, -0.15) is 0 Å². The molecule has 0 amide bonds. The van der Waals surface area contributed by atoms with Gasteiger partial charge in [0.1, 0.15) is 5.82 Å². The first-order chi connectivity index (χ1) is 8.74. The molecular weight excluding hydrogens is 242 g/mol. The molecule has 0 aliphatic heterocycles. The van der Waals surface area contributed by atoms with Crippen molar-refractivity contribution >= 4 is 11.3 Å². The fourth-order valence-corrected chi connectivity index (χ4v) is 3.10. The van der Waals surface area contributed by atoms with Crippen LogP contribution in [-0.4, -0.2) is 16.1 Å². The Morgan fingerprint density at radius 3 is 2.78 bits per heavy atom. The minimum Gasteiger partial charge on any atom is -0.338 e. The maximum absolute atomic E-state index is 4.42. The molecule has 18 heavy (non-hydrogen) atoms. The molecule has 1 unspecified atom stereocenters. The van der Waals surface area contributed by atoms with Crippen molar-refractivity contribution in [1.82, 2.24) is 14.9 Å². The lowest BCUT2D eigenvalue weighted by Crippen LogP contribution is -2.23. The molecule has 4 heteroatoms. The van der Waals surface area contributed by atoms with E-state index in [1.165, 1.54) is 9.75 Å². The molecule has 0 aliphatic rings. The van der Waals surface area contributed by atoms with Gasteiger partial charge in [0.25, 0.3) is 0 Å². The number of aryl methyl sites for hydroxylation is 2. The second-order valence-corrected chi connectivity index (χ2v) is 5.63. The molecule has 0 aliphatic carbocycles. The van der Waals surface area contributed by atoms with Crippen LogP contribution in [0.5, 0.6) is 0 Å². The quantitative estimate of drug-likeness (QED) is 0.868. The minimum atomic E-state index is 0.376. The van der Waals surface area contributed by atoms with E-state index in [9.17, 15) is 0 Å². The average molecular weight is 263 g/mol. The fourth-order valence-electron chi connectivity index (χ4n) is 2.07. The molecule has 1 atom stereocenters. The zero-order valence-corrected chi connectivity index (χ0v) is 12.1. The number of imidazole rings is 1. The second-order valence-electron chi connectivity index (χ2n) is 4.43. The number of hydrogen-bond donors (Lipinski definition) is 1. The smallest absolute Gasteiger partial charge is 0.110 e. The molecule has 0 bridgehead atoms. The van der Waals surface area contributed by atoms with Crippen molar-refractivity contribution in [2.75, 3.05) is 6.54 Å². The molecule has 2 heterocycles. The standard InChI is InChI=1S/C14H21N3S/c1-4-11-6-7-13(18-11)12(15-5-2)10-14-16-8-9-17(14)3/h6-9,12,15H,4-5,10H2,1-3H3. The summed E-state index contributed by atoms with van der Waals surface area (Å²) in [4.78, 5) is 7.28. The lowest BCUT2D eigenvalue weighted by Gasteiger charge is -2.16. The summed E-state index contributed by atoms with van der Waals surface area (Å²) >= 11 is 1.91. The van der Waals surface area contributed by atoms with Crippen LogP contribution < -0.4 is 5.32 Å². The van der Waals surface area contributed by atoms with Gasteiger partial charge < -0.3 is 9.88 Å². The van der Waals surface area contributed by atoms with Crippen LogP contribution in [0.1, 0.15) is 35.5 Å². The molecule has 98 valence electrons. The molecule has 2 rings (SSSR count). The van der Waals surface area contributed by atoms with E-state index in [-0.39, 0.29) is 0 Å². The van der Waals surface area contributed by atoms with E-state index < -0.39 is 0 Å². The summed E-state index contributed by atoms with van der Waals surface area (Å²) in [7, 11) is 2.05. The summed E-state index contributed by atoms with van der Waals surface area (Å²) in [6.45, 7) is 5.34. The summed E-state index contributed by atoms with van der Waals surface area (Å²) < 4.78 is 2.10. The van der Waals surface area contributed by atoms with Crippen LogP contribution in [0.3, 0.4) is 0 Å². The number of hydrogen-bond acceptors (Lipinski definition) is 3. The Balaban J connectivity index is 2.15. The van der Waals surface area contributed by atoms with Gasteiger partial charge >= 0.3 is 0 Å². The van der Waals surface area contributed by atoms with E-state index in [0.717, 1.165) is 25.2 Å². The zero-order valence-electron chi connectivity index (χ0n) is 11.3. The lowest BCUT2D eigenvalue weighted by molar-refractivity contribution is 0.536. The lowest BCUT2D eigenvalue weighted by atomic mass is 10.1. The van der Waals surface area contributed by atoms with Crippen molar-refractivity contribution in [1.29, 1.82) is 0 Å². The topological polar surface area (TPSA) is 29.9 Å². The SMILES string of the molecule is CCNC(Cc1nccn1C)c1ccc(CC)s1. The highest BCUT2D eigenvalue weighted by molar-refractivity contribution is 7.12. The molecule has 3 nitrogen and oxygen atoms in total. The maximum atomic E-state index is 4.42. The number of likely N-dealkylation sites (N-methyl/N-ethyl adjacent to an activating group) is 1. The molecular formula is C14H21N3S. The van der Waals surface area contributed by atoms with Gasteiger partial charge in [-0.3, -0.25) is 0 Å². The number of aromatic nitrogens is 2. The van der Waals surface area contributed by atoms with Gasteiger partial charge in [-0.1, -0.05) is 13.8 Å². The molecule has 1 N–H and O–H groups in total. The van der Waals surface area contributed by atoms with Crippen molar-refractivity contribution in [2.45, 2.75) is 32.7 Å². The molecule has 0 radical (unpaired) electrons. The van der Waals surface area contributed by atoms with Gasteiger partial charge in [0.15, 0.2) is 0 Å². The molecule has 0 spiro atoms. The first kappa shape index (κ1) is 13.3. The Morgan fingerprint density at radius 2 is 2.22 bits per heavy atom. The van der Waals surface area contributed by atoms with E-state index in [2.05, 4.69) is 47.9 Å². The third-order valence-corrected chi connectivity index (χ3v) is 4.48. The minimum absolute atomic E-state index is 0.376. The van der Waals surface area contributed by atoms with Gasteiger partial charge in [0.2, 0.25) is 0 Å². The Bertz CT molecular complexity index is 487. The van der Waals surface area contributed by atoms with E-state index in [1.54, 1.807) is 0 Å². The van der Waals surface area contributed by atoms with Crippen LogP contribution in [0.25, 0.3) is 0 Å². The van der Waals surface area contributed by atoms with Gasteiger partial charge in [-0.25, -0.2) is 4.98 Å². The number of nitrogens with one attached hydrogen (secondary N) is 1. The number of rotatable bonds is 6. The van der Waals surface area contributed by atoms with Crippen molar-refractivity contribution < 1.29 is 0 Å². The highest BCUT2D eigenvalue weighted by Crippen LogP contribution is 2.26. The summed E-state index contributed by atoms with van der Waals surface area (Å²) in [5, 5.41) is 3.56.